The monoisotopic (exact) mass is 172 g/mol. The van der Waals surface area contributed by atoms with Gasteiger partial charge in [0.15, 0.2) is 5.82 Å². The summed E-state index contributed by atoms with van der Waals surface area (Å²) < 4.78 is 1.70. The molecule has 0 N–H and O–H groups in total. The molecular formula is C10H10N3. The van der Waals surface area contributed by atoms with Crippen LogP contribution in [0.1, 0.15) is 6.92 Å². The Morgan fingerprint density at radius 1 is 1.23 bits per heavy atom. The van der Waals surface area contributed by atoms with Gasteiger partial charge in [0.05, 0.1) is 6.54 Å². The van der Waals surface area contributed by atoms with Crippen molar-refractivity contribution >= 4 is 0 Å². The van der Waals surface area contributed by atoms with Gasteiger partial charge in [0, 0.05) is 5.56 Å². The van der Waals surface area contributed by atoms with Crippen molar-refractivity contribution in [3.05, 3.63) is 43.2 Å². The van der Waals surface area contributed by atoms with E-state index in [4.69, 9.17) is 0 Å². The normalized spacial score (nSPS) is 10.2. The lowest BCUT2D eigenvalue weighted by molar-refractivity contribution is 0.809. The van der Waals surface area contributed by atoms with Crippen LogP contribution in [0.4, 0.5) is 0 Å². The quantitative estimate of drug-likeness (QED) is 0.693. The van der Waals surface area contributed by atoms with Gasteiger partial charge in [-0.2, -0.15) is 5.10 Å². The van der Waals surface area contributed by atoms with Crippen molar-refractivity contribution in [3.8, 4) is 11.4 Å². The largest absolute Gasteiger partial charge is 0.247 e. The van der Waals surface area contributed by atoms with E-state index in [1.54, 1.807) is 11.0 Å². The van der Waals surface area contributed by atoms with E-state index in [2.05, 4.69) is 10.1 Å². The molecule has 0 saturated carbocycles. The van der Waals surface area contributed by atoms with Crippen LogP contribution in [0.25, 0.3) is 11.4 Å². The highest BCUT2D eigenvalue weighted by atomic mass is 15.3. The van der Waals surface area contributed by atoms with E-state index in [9.17, 15) is 0 Å². The van der Waals surface area contributed by atoms with Crippen LogP contribution in [0.3, 0.4) is 0 Å². The number of benzene rings is 1. The first-order valence-electron chi connectivity index (χ1n) is 4.16. The summed E-state index contributed by atoms with van der Waals surface area (Å²) in [5, 5.41) is 4.25. The van der Waals surface area contributed by atoms with E-state index in [1.165, 1.54) is 0 Å². The summed E-state index contributed by atoms with van der Waals surface area (Å²) in [4.78, 5) is 4.18. The van der Waals surface area contributed by atoms with Gasteiger partial charge < -0.3 is 0 Å². The number of aromatic nitrogens is 3. The topological polar surface area (TPSA) is 30.7 Å². The second-order valence-corrected chi connectivity index (χ2v) is 2.67. The van der Waals surface area contributed by atoms with E-state index in [0.717, 1.165) is 11.4 Å². The lowest BCUT2D eigenvalue weighted by Gasteiger charge is -1.92. The smallest absolute Gasteiger partial charge is 0.181 e. The summed E-state index contributed by atoms with van der Waals surface area (Å²) in [6, 6.07) is 9.93. The Bertz CT molecular complexity index is 378. The van der Waals surface area contributed by atoms with Crippen LogP contribution < -0.4 is 0 Å². The predicted molar refractivity (Wildman–Crippen MR) is 50.8 cm³/mol. The van der Waals surface area contributed by atoms with E-state index in [-0.39, 0.29) is 0 Å². The fourth-order valence-electron chi connectivity index (χ4n) is 1.12. The molecular weight excluding hydrogens is 162 g/mol. The Morgan fingerprint density at radius 2 is 2.00 bits per heavy atom. The summed E-state index contributed by atoms with van der Waals surface area (Å²) in [7, 11) is 0. The Morgan fingerprint density at radius 3 is 2.62 bits per heavy atom. The second kappa shape index (κ2) is 3.39. The molecule has 0 aliphatic carbocycles. The molecule has 3 heteroatoms. The molecule has 0 aliphatic heterocycles. The Balaban J connectivity index is 2.36. The van der Waals surface area contributed by atoms with Crippen molar-refractivity contribution in [2.75, 3.05) is 0 Å². The van der Waals surface area contributed by atoms with Gasteiger partial charge in [-0.1, -0.05) is 30.3 Å². The molecule has 1 radical (unpaired) electrons. The Labute approximate surface area is 77.0 Å². The molecule has 0 unspecified atom stereocenters. The number of hydrogen-bond acceptors (Lipinski definition) is 2. The van der Waals surface area contributed by atoms with E-state index < -0.39 is 0 Å². The van der Waals surface area contributed by atoms with Crippen LogP contribution >= 0.6 is 0 Å². The highest BCUT2D eigenvalue weighted by Crippen LogP contribution is 2.12. The third kappa shape index (κ3) is 1.59. The van der Waals surface area contributed by atoms with E-state index in [1.807, 2.05) is 43.8 Å². The molecule has 1 aromatic carbocycles. The molecule has 2 rings (SSSR count). The molecule has 2 aromatic rings. The van der Waals surface area contributed by atoms with Gasteiger partial charge in [-0.3, -0.25) is 0 Å². The molecule has 0 spiro atoms. The van der Waals surface area contributed by atoms with E-state index in [0.29, 0.717) is 0 Å². The van der Waals surface area contributed by atoms with Gasteiger partial charge in [-0.05, 0) is 6.92 Å². The van der Waals surface area contributed by atoms with Crippen LogP contribution in [-0.4, -0.2) is 14.8 Å². The molecule has 65 valence electrons. The van der Waals surface area contributed by atoms with Crippen molar-refractivity contribution in [2.45, 2.75) is 6.92 Å². The maximum atomic E-state index is 4.25. The summed E-state index contributed by atoms with van der Waals surface area (Å²) in [6.45, 7) is 3.78. The van der Waals surface area contributed by atoms with Crippen LogP contribution in [-0.2, 0) is 0 Å². The first kappa shape index (κ1) is 7.98. The number of hydrogen-bond donors (Lipinski definition) is 0. The zero-order chi connectivity index (χ0) is 9.10. The van der Waals surface area contributed by atoms with E-state index >= 15 is 0 Å². The minimum atomic E-state index is 0.763. The standard InChI is InChI=1S/C10H10N3/c1-2-13-8-11-10(12-13)9-6-4-3-5-7-9/h2-8H,1H3. The number of nitrogens with zero attached hydrogens (tertiary/aromatic N) is 3. The van der Waals surface area contributed by atoms with Crippen molar-refractivity contribution < 1.29 is 0 Å². The lowest BCUT2D eigenvalue weighted by Crippen LogP contribution is -1.91. The van der Waals surface area contributed by atoms with Crippen molar-refractivity contribution in [3.63, 3.8) is 0 Å². The SMILES string of the molecule is C[CH]n1cnc(-c2ccccc2)n1. The molecule has 0 amide bonds. The van der Waals surface area contributed by atoms with Crippen LogP contribution in [0.5, 0.6) is 0 Å². The molecule has 13 heavy (non-hydrogen) atoms. The van der Waals surface area contributed by atoms with Crippen LogP contribution in [0, 0.1) is 6.54 Å². The van der Waals surface area contributed by atoms with Gasteiger partial charge in [-0.25, -0.2) is 9.67 Å². The van der Waals surface area contributed by atoms with Crippen molar-refractivity contribution in [1.82, 2.24) is 14.8 Å². The number of rotatable bonds is 2. The zero-order valence-corrected chi connectivity index (χ0v) is 7.38. The third-order valence-electron chi connectivity index (χ3n) is 1.81. The molecule has 1 aromatic heterocycles. The first-order chi connectivity index (χ1) is 6.40. The molecule has 0 aliphatic rings. The Kier molecular flexibility index (Phi) is 2.08. The predicted octanol–water partition coefficient (Wildman–Crippen LogP) is 1.97. The molecule has 0 saturated heterocycles. The summed E-state index contributed by atoms with van der Waals surface area (Å²) >= 11 is 0. The van der Waals surface area contributed by atoms with Crippen molar-refractivity contribution in [2.24, 2.45) is 0 Å². The molecule has 0 bridgehead atoms. The summed E-state index contributed by atoms with van der Waals surface area (Å²) in [5.74, 6) is 0.763. The summed E-state index contributed by atoms with van der Waals surface area (Å²) in [6.07, 6.45) is 1.70. The molecule has 3 nitrogen and oxygen atoms in total. The maximum Gasteiger partial charge on any atom is 0.181 e. The van der Waals surface area contributed by atoms with Gasteiger partial charge >= 0.3 is 0 Å². The van der Waals surface area contributed by atoms with Crippen LogP contribution in [0.2, 0.25) is 0 Å². The van der Waals surface area contributed by atoms with Gasteiger partial charge in [0.1, 0.15) is 6.33 Å². The molecule has 1 heterocycles. The van der Waals surface area contributed by atoms with Gasteiger partial charge in [0.25, 0.3) is 0 Å². The summed E-state index contributed by atoms with van der Waals surface area (Å²) in [5.41, 5.74) is 1.04. The average molecular weight is 172 g/mol. The van der Waals surface area contributed by atoms with Crippen LogP contribution in [0.15, 0.2) is 36.7 Å². The average Bonchev–Trinajstić information content (AvgIpc) is 2.67. The van der Waals surface area contributed by atoms with Gasteiger partial charge in [0.2, 0.25) is 0 Å². The fraction of sp³-hybridized carbons (Fsp3) is 0.100. The minimum absolute atomic E-state index is 0.763. The van der Waals surface area contributed by atoms with Gasteiger partial charge in [-0.15, -0.1) is 0 Å². The minimum Gasteiger partial charge on any atom is -0.247 e. The molecule has 0 atom stereocenters. The maximum absolute atomic E-state index is 4.25. The fourth-order valence-corrected chi connectivity index (χ4v) is 1.12. The molecule has 0 fully saturated rings. The Hall–Kier alpha value is -1.64. The highest BCUT2D eigenvalue weighted by molar-refractivity contribution is 5.53. The third-order valence-corrected chi connectivity index (χ3v) is 1.81. The first-order valence-corrected chi connectivity index (χ1v) is 4.16. The second-order valence-electron chi connectivity index (χ2n) is 2.67. The van der Waals surface area contributed by atoms with Crippen molar-refractivity contribution in [1.29, 1.82) is 0 Å². The lowest BCUT2D eigenvalue weighted by atomic mass is 10.2. The highest BCUT2D eigenvalue weighted by Gasteiger charge is 2.01. The zero-order valence-electron chi connectivity index (χ0n) is 7.38.